The van der Waals surface area contributed by atoms with Crippen LogP contribution in [0.1, 0.15) is 70.1 Å². The number of aromatic hydroxyl groups is 1. The Morgan fingerprint density at radius 2 is 1.47 bits per heavy atom. The van der Waals surface area contributed by atoms with E-state index in [1.807, 2.05) is 6.92 Å². The van der Waals surface area contributed by atoms with E-state index in [4.69, 9.17) is 9.47 Å². The normalized spacial score (nSPS) is 12.8. The second-order valence-corrected chi connectivity index (χ2v) is 9.58. The van der Waals surface area contributed by atoms with Gasteiger partial charge in [0, 0.05) is 24.6 Å². The van der Waals surface area contributed by atoms with Crippen LogP contribution in [0.15, 0.2) is 48.7 Å². The molecule has 3 rings (SSSR count). The summed E-state index contributed by atoms with van der Waals surface area (Å²) >= 11 is 0. The Labute approximate surface area is 213 Å². The predicted molar refractivity (Wildman–Crippen MR) is 140 cm³/mol. The van der Waals surface area contributed by atoms with Crippen LogP contribution in [0.4, 0.5) is 0 Å². The molecule has 1 N–H and O–H groups in total. The summed E-state index contributed by atoms with van der Waals surface area (Å²) in [4.78, 5) is 29.9. The molecule has 0 fully saturated rings. The third-order valence-electron chi connectivity index (χ3n) is 6.58. The van der Waals surface area contributed by atoms with Gasteiger partial charge >= 0.3 is 5.97 Å². The lowest BCUT2D eigenvalue weighted by molar-refractivity contribution is -0.153. The van der Waals surface area contributed by atoms with Crippen molar-refractivity contribution in [3.8, 4) is 11.5 Å². The number of methoxy groups -OCH3 is 1. The third kappa shape index (κ3) is 5.93. The maximum atomic E-state index is 13.1. The first-order chi connectivity index (χ1) is 17.0. The molecule has 6 heteroatoms. The van der Waals surface area contributed by atoms with Crippen molar-refractivity contribution in [2.75, 3.05) is 7.11 Å². The van der Waals surface area contributed by atoms with Crippen molar-refractivity contribution in [3.05, 3.63) is 87.7 Å². The summed E-state index contributed by atoms with van der Waals surface area (Å²) in [5.74, 6) is -1.99. The molecular formula is C30H35NO5. The average Bonchev–Trinajstić information content (AvgIpc) is 2.83. The first-order valence-corrected chi connectivity index (χ1v) is 12.1. The van der Waals surface area contributed by atoms with Crippen LogP contribution >= 0.6 is 0 Å². The number of rotatable bonds is 9. The van der Waals surface area contributed by atoms with Crippen molar-refractivity contribution in [3.63, 3.8) is 0 Å². The Balaban J connectivity index is 1.86. The van der Waals surface area contributed by atoms with Crippen LogP contribution in [0, 0.1) is 33.6 Å². The maximum Gasteiger partial charge on any atom is 0.309 e. The van der Waals surface area contributed by atoms with Crippen LogP contribution in [-0.2, 0) is 9.53 Å². The topological polar surface area (TPSA) is 85.7 Å². The number of carbonyl (C=O) groups excluding carboxylic acids is 2. The number of carbonyl (C=O) groups is 2. The van der Waals surface area contributed by atoms with E-state index in [1.54, 1.807) is 6.92 Å². The number of Topliss-reactive ketones (excluding diaryl/α,β-unsaturated/α-hetero) is 1. The molecule has 0 spiro atoms. The SMILES string of the molecule is COc1ccnc(C(=O)C[C@@H](C)C(=O)O[C@@H](C)C(c2cc(C)ccc2C)c2cc(C)ccc2C)c1O. The monoisotopic (exact) mass is 489 g/mol. The van der Waals surface area contributed by atoms with Crippen LogP contribution in [0.25, 0.3) is 0 Å². The Morgan fingerprint density at radius 1 is 0.917 bits per heavy atom. The predicted octanol–water partition coefficient (Wildman–Crippen LogP) is 6.00. The highest BCUT2D eigenvalue weighted by molar-refractivity contribution is 5.99. The summed E-state index contributed by atoms with van der Waals surface area (Å²) in [6.07, 6.45) is 0.770. The highest BCUT2D eigenvalue weighted by Crippen LogP contribution is 2.36. The molecule has 0 aliphatic rings. The minimum absolute atomic E-state index is 0.120. The van der Waals surface area contributed by atoms with Gasteiger partial charge in [-0.25, -0.2) is 4.98 Å². The molecule has 1 aromatic heterocycles. The van der Waals surface area contributed by atoms with Crippen molar-refractivity contribution in [2.24, 2.45) is 5.92 Å². The zero-order valence-corrected chi connectivity index (χ0v) is 22.1. The second kappa shape index (κ2) is 11.4. The van der Waals surface area contributed by atoms with Crippen molar-refractivity contribution in [1.29, 1.82) is 0 Å². The molecule has 0 radical (unpaired) electrons. The van der Waals surface area contributed by atoms with Crippen LogP contribution < -0.4 is 4.74 Å². The van der Waals surface area contributed by atoms with Crippen LogP contribution in [-0.4, -0.2) is 35.1 Å². The van der Waals surface area contributed by atoms with Gasteiger partial charge in [0.05, 0.1) is 13.0 Å². The average molecular weight is 490 g/mol. The van der Waals surface area contributed by atoms with Crippen LogP contribution in [0.3, 0.4) is 0 Å². The molecule has 0 bridgehead atoms. The van der Waals surface area contributed by atoms with Crippen LogP contribution in [0.5, 0.6) is 11.5 Å². The Morgan fingerprint density at radius 3 is 2.00 bits per heavy atom. The fourth-order valence-corrected chi connectivity index (χ4v) is 4.49. The van der Waals surface area contributed by atoms with Gasteiger partial charge in [0.1, 0.15) is 6.10 Å². The van der Waals surface area contributed by atoms with Crippen molar-refractivity contribution in [1.82, 2.24) is 4.98 Å². The second-order valence-electron chi connectivity index (χ2n) is 9.58. The van der Waals surface area contributed by atoms with E-state index in [-0.39, 0.29) is 29.5 Å². The van der Waals surface area contributed by atoms with Crippen molar-refractivity contribution < 1.29 is 24.2 Å². The number of hydrogen-bond donors (Lipinski definition) is 1. The van der Waals surface area contributed by atoms with Gasteiger partial charge in [-0.15, -0.1) is 0 Å². The third-order valence-corrected chi connectivity index (χ3v) is 6.58. The number of pyridine rings is 1. The van der Waals surface area contributed by atoms with Crippen LogP contribution in [0.2, 0.25) is 0 Å². The molecule has 2 aromatic carbocycles. The van der Waals surface area contributed by atoms with E-state index in [2.05, 4.69) is 69.1 Å². The number of benzene rings is 2. The van der Waals surface area contributed by atoms with Gasteiger partial charge in [0.2, 0.25) is 0 Å². The highest BCUT2D eigenvalue weighted by Gasteiger charge is 2.30. The largest absolute Gasteiger partial charge is 0.503 e. The smallest absolute Gasteiger partial charge is 0.309 e. The molecule has 0 aliphatic heterocycles. The van der Waals surface area contributed by atoms with E-state index >= 15 is 0 Å². The number of ether oxygens (including phenoxy) is 2. The fourth-order valence-electron chi connectivity index (χ4n) is 4.49. The summed E-state index contributed by atoms with van der Waals surface area (Å²) in [6.45, 7) is 11.8. The quantitative estimate of drug-likeness (QED) is 0.293. The van der Waals surface area contributed by atoms with Crippen molar-refractivity contribution >= 4 is 11.8 Å². The van der Waals surface area contributed by atoms with Crippen molar-refractivity contribution in [2.45, 2.75) is 60.0 Å². The molecule has 6 nitrogen and oxygen atoms in total. The van der Waals surface area contributed by atoms with E-state index in [0.717, 1.165) is 33.4 Å². The van der Waals surface area contributed by atoms with Gasteiger partial charge in [0.25, 0.3) is 0 Å². The molecule has 0 saturated heterocycles. The molecule has 36 heavy (non-hydrogen) atoms. The molecule has 0 amide bonds. The number of hydrogen-bond acceptors (Lipinski definition) is 6. The van der Waals surface area contributed by atoms with Gasteiger partial charge in [0.15, 0.2) is 23.0 Å². The zero-order chi connectivity index (χ0) is 26.6. The summed E-state index contributed by atoms with van der Waals surface area (Å²) in [5, 5.41) is 10.3. The van der Waals surface area contributed by atoms with Gasteiger partial charge in [-0.3, -0.25) is 9.59 Å². The maximum absolute atomic E-state index is 13.1. The molecule has 1 heterocycles. The van der Waals surface area contributed by atoms with E-state index < -0.39 is 23.8 Å². The van der Waals surface area contributed by atoms with Gasteiger partial charge < -0.3 is 14.6 Å². The number of aryl methyl sites for hydroxylation is 4. The minimum Gasteiger partial charge on any atom is -0.503 e. The molecular weight excluding hydrogens is 454 g/mol. The lowest BCUT2D eigenvalue weighted by atomic mass is 9.81. The Hall–Kier alpha value is -3.67. The number of nitrogens with zero attached hydrogens (tertiary/aromatic N) is 1. The van der Waals surface area contributed by atoms with Gasteiger partial charge in [-0.1, -0.05) is 54.4 Å². The van der Waals surface area contributed by atoms with Gasteiger partial charge in [-0.2, -0.15) is 0 Å². The number of esters is 1. The first-order valence-electron chi connectivity index (χ1n) is 12.1. The van der Waals surface area contributed by atoms with Gasteiger partial charge in [-0.05, 0) is 56.9 Å². The number of ketones is 1. The summed E-state index contributed by atoms with van der Waals surface area (Å²) < 4.78 is 11.0. The molecule has 0 unspecified atom stereocenters. The number of aromatic nitrogens is 1. The summed E-state index contributed by atoms with van der Waals surface area (Å²) in [5.41, 5.74) is 6.61. The fraction of sp³-hybridized carbons (Fsp3) is 0.367. The lowest BCUT2D eigenvalue weighted by Crippen LogP contribution is -2.28. The van der Waals surface area contributed by atoms with E-state index in [1.165, 1.54) is 19.4 Å². The van der Waals surface area contributed by atoms with E-state index in [0.29, 0.717) is 0 Å². The highest BCUT2D eigenvalue weighted by atomic mass is 16.5. The molecule has 2 atom stereocenters. The summed E-state index contributed by atoms with van der Waals surface area (Å²) in [6, 6.07) is 14.1. The Bertz CT molecular complexity index is 1210. The molecule has 0 saturated carbocycles. The molecule has 3 aromatic rings. The Kier molecular flexibility index (Phi) is 8.51. The summed E-state index contributed by atoms with van der Waals surface area (Å²) in [7, 11) is 1.40. The standard InChI is InChI=1S/C30H35NO5/c1-17-8-10-19(3)23(14-17)27(24-15-18(2)9-11-20(24)4)22(6)36-30(34)21(5)16-25(32)28-29(33)26(35-7)12-13-31-28/h8-15,21-22,27,33H,16H2,1-7H3/t21-,22+/m1/s1. The van der Waals surface area contributed by atoms with E-state index in [9.17, 15) is 14.7 Å². The minimum atomic E-state index is -0.717. The molecule has 0 aliphatic carbocycles. The lowest BCUT2D eigenvalue weighted by Gasteiger charge is -2.29. The molecule has 190 valence electrons. The zero-order valence-electron chi connectivity index (χ0n) is 22.1. The first kappa shape index (κ1) is 26.9.